The minimum absolute atomic E-state index is 0.217. The van der Waals surface area contributed by atoms with Gasteiger partial charge in [-0.3, -0.25) is 14.4 Å². The lowest BCUT2D eigenvalue weighted by molar-refractivity contribution is -0.143. The number of Topliss-reactive ketones (excluding diaryl/α,β-unsaturated/α-hetero) is 1. The predicted octanol–water partition coefficient (Wildman–Crippen LogP) is 2.21. The molecular formula is C21H24N2O5. The summed E-state index contributed by atoms with van der Waals surface area (Å²) in [5, 5.41) is 2.39. The fourth-order valence-electron chi connectivity index (χ4n) is 2.66. The van der Waals surface area contributed by atoms with Gasteiger partial charge in [-0.05, 0) is 32.0 Å². The van der Waals surface area contributed by atoms with Crippen LogP contribution < -0.4 is 10.1 Å². The quantitative estimate of drug-likeness (QED) is 0.386. The van der Waals surface area contributed by atoms with E-state index in [0.29, 0.717) is 17.9 Å². The Hall–Kier alpha value is -3.35. The second-order valence-corrected chi connectivity index (χ2v) is 6.15. The molecule has 1 heterocycles. The molecule has 148 valence electrons. The summed E-state index contributed by atoms with van der Waals surface area (Å²) in [7, 11) is 0. The third-order valence-corrected chi connectivity index (χ3v) is 4.09. The van der Waals surface area contributed by atoms with Crippen LogP contribution in [0.5, 0.6) is 5.75 Å². The second-order valence-electron chi connectivity index (χ2n) is 6.15. The van der Waals surface area contributed by atoms with Crippen molar-refractivity contribution in [1.82, 2.24) is 9.88 Å². The maximum absolute atomic E-state index is 12.3. The van der Waals surface area contributed by atoms with Crippen LogP contribution in [0.1, 0.15) is 21.7 Å². The van der Waals surface area contributed by atoms with Gasteiger partial charge in [-0.15, -0.1) is 6.58 Å². The predicted molar refractivity (Wildman–Crippen MR) is 104 cm³/mol. The molecule has 1 aromatic carbocycles. The molecule has 1 aromatic heterocycles. The van der Waals surface area contributed by atoms with Crippen LogP contribution in [0.25, 0.3) is 0 Å². The smallest absolute Gasteiger partial charge is 0.325 e. The molecule has 0 aliphatic heterocycles. The lowest BCUT2D eigenvalue weighted by atomic mass is 10.1. The van der Waals surface area contributed by atoms with Crippen molar-refractivity contribution in [2.24, 2.45) is 0 Å². The Balaban J connectivity index is 1.74. The number of esters is 1. The zero-order valence-corrected chi connectivity index (χ0v) is 16.1. The Morgan fingerprint density at radius 2 is 1.86 bits per heavy atom. The van der Waals surface area contributed by atoms with Crippen molar-refractivity contribution < 1.29 is 23.9 Å². The zero-order chi connectivity index (χ0) is 20.5. The number of hydrogen-bond acceptors (Lipinski definition) is 5. The number of hydrogen-bond donors (Lipinski definition) is 1. The van der Waals surface area contributed by atoms with Crippen LogP contribution >= 0.6 is 0 Å². The molecule has 0 atom stereocenters. The summed E-state index contributed by atoms with van der Waals surface area (Å²) < 4.78 is 12.2. The van der Waals surface area contributed by atoms with Gasteiger partial charge in [0, 0.05) is 23.5 Å². The number of para-hydroxylation sites is 1. The average molecular weight is 384 g/mol. The van der Waals surface area contributed by atoms with Crippen molar-refractivity contribution >= 4 is 17.7 Å². The molecule has 28 heavy (non-hydrogen) atoms. The minimum atomic E-state index is -0.693. The van der Waals surface area contributed by atoms with E-state index in [9.17, 15) is 14.4 Å². The Kier molecular flexibility index (Phi) is 7.56. The Morgan fingerprint density at radius 3 is 2.54 bits per heavy atom. The molecule has 0 spiro atoms. The summed E-state index contributed by atoms with van der Waals surface area (Å²) in [6.07, 6.45) is 1.75. The van der Waals surface area contributed by atoms with E-state index in [4.69, 9.17) is 9.47 Å². The standard InChI is InChI=1S/C21H24N2O5/c1-4-10-23-15(2)11-18(16(23)3)19(24)13-28-21(26)12-22-20(25)14-27-17-8-6-5-7-9-17/h4-9,11H,1,10,12-14H2,2-3H3,(H,22,25). The highest BCUT2D eigenvalue weighted by molar-refractivity contribution is 5.99. The fourth-order valence-corrected chi connectivity index (χ4v) is 2.66. The summed E-state index contributed by atoms with van der Waals surface area (Å²) in [6, 6.07) is 10.6. The van der Waals surface area contributed by atoms with E-state index in [-0.39, 0.29) is 25.5 Å². The summed E-state index contributed by atoms with van der Waals surface area (Å²) >= 11 is 0. The van der Waals surface area contributed by atoms with Gasteiger partial charge >= 0.3 is 5.97 Å². The molecule has 0 fully saturated rings. The number of amides is 1. The molecule has 0 aliphatic rings. The Bertz CT molecular complexity index is 855. The van der Waals surface area contributed by atoms with Crippen molar-refractivity contribution in [3.63, 3.8) is 0 Å². The number of nitrogens with one attached hydrogen (secondary N) is 1. The molecule has 0 saturated heterocycles. The van der Waals surface area contributed by atoms with Crippen LogP contribution in [-0.2, 0) is 20.9 Å². The summed E-state index contributed by atoms with van der Waals surface area (Å²) in [4.78, 5) is 35.8. The van der Waals surface area contributed by atoms with E-state index in [1.807, 2.05) is 24.5 Å². The minimum Gasteiger partial charge on any atom is -0.484 e. The maximum Gasteiger partial charge on any atom is 0.325 e. The Morgan fingerprint density at radius 1 is 1.14 bits per heavy atom. The van der Waals surface area contributed by atoms with E-state index in [1.165, 1.54) is 0 Å². The van der Waals surface area contributed by atoms with Gasteiger partial charge in [0.25, 0.3) is 5.91 Å². The van der Waals surface area contributed by atoms with E-state index in [1.54, 1.807) is 36.4 Å². The molecule has 2 aromatic rings. The summed E-state index contributed by atoms with van der Waals surface area (Å²) in [5.41, 5.74) is 2.23. The van der Waals surface area contributed by atoms with Crippen molar-refractivity contribution in [1.29, 1.82) is 0 Å². The van der Waals surface area contributed by atoms with Gasteiger partial charge in [0.1, 0.15) is 12.3 Å². The molecule has 1 N–H and O–H groups in total. The van der Waals surface area contributed by atoms with Crippen LogP contribution in [0.15, 0.2) is 49.1 Å². The lowest BCUT2D eigenvalue weighted by Gasteiger charge is -2.08. The number of rotatable bonds is 10. The van der Waals surface area contributed by atoms with Crippen LogP contribution in [0.4, 0.5) is 0 Å². The van der Waals surface area contributed by atoms with Gasteiger partial charge in [0.2, 0.25) is 5.78 Å². The normalized spacial score (nSPS) is 10.2. The molecule has 0 bridgehead atoms. The average Bonchev–Trinajstić information content (AvgIpc) is 2.98. The van der Waals surface area contributed by atoms with Gasteiger partial charge in [0.05, 0.1) is 0 Å². The lowest BCUT2D eigenvalue weighted by Crippen LogP contribution is -2.34. The van der Waals surface area contributed by atoms with E-state index >= 15 is 0 Å². The molecule has 0 aliphatic carbocycles. The van der Waals surface area contributed by atoms with Gasteiger partial charge in [-0.2, -0.15) is 0 Å². The molecular weight excluding hydrogens is 360 g/mol. The highest BCUT2D eigenvalue weighted by Gasteiger charge is 2.17. The van der Waals surface area contributed by atoms with Gasteiger partial charge < -0.3 is 19.4 Å². The van der Waals surface area contributed by atoms with Gasteiger partial charge in [-0.25, -0.2) is 0 Å². The highest BCUT2D eigenvalue weighted by Crippen LogP contribution is 2.16. The second kappa shape index (κ2) is 10.1. The van der Waals surface area contributed by atoms with E-state index < -0.39 is 11.9 Å². The number of ether oxygens (including phenoxy) is 2. The first-order valence-corrected chi connectivity index (χ1v) is 8.83. The molecule has 7 nitrogen and oxygen atoms in total. The van der Waals surface area contributed by atoms with E-state index in [2.05, 4.69) is 11.9 Å². The number of ketones is 1. The summed E-state index contributed by atoms with van der Waals surface area (Å²) in [6.45, 7) is 7.09. The van der Waals surface area contributed by atoms with Crippen LogP contribution in [-0.4, -0.2) is 42.0 Å². The fraction of sp³-hybridized carbons (Fsp3) is 0.286. The number of aryl methyl sites for hydroxylation is 1. The topological polar surface area (TPSA) is 86.6 Å². The third-order valence-electron chi connectivity index (χ3n) is 4.09. The molecule has 1 amide bonds. The first-order chi connectivity index (χ1) is 13.4. The van der Waals surface area contributed by atoms with E-state index in [0.717, 1.165) is 11.4 Å². The molecule has 0 radical (unpaired) electrons. The van der Waals surface area contributed by atoms with Crippen molar-refractivity contribution in [2.75, 3.05) is 19.8 Å². The monoisotopic (exact) mass is 384 g/mol. The zero-order valence-electron chi connectivity index (χ0n) is 16.1. The first kappa shape index (κ1) is 21.0. The van der Waals surface area contributed by atoms with Crippen LogP contribution in [0.2, 0.25) is 0 Å². The molecule has 2 rings (SSSR count). The van der Waals surface area contributed by atoms with Gasteiger partial charge in [-0.1, -0.05) is 24.3 Å². The van der Waals surface area contributed by atoms with Crippen LogP contribution in [0, 0.1) is 13.8 Å². The number of aromatic nitrogens is 1. The van der Waals surface area contributed by atoms with Crippen molar-refractivity contribution in [3.8, 4) is 5.75 Å². The highest BCUT2D eigenvalue weighted by atomic mass is 16.5. The molecule has 7 heteroatoms. The first-order valence-electron chi connectivity index (χ1n) is 8.83. The third kappa shape index (κ3) is 5.84. The molecule has 0 unspecified atom stereocenters. The summed E-state index contributed by atoms with van der Waals surface area (Å²) in [5.74, 6) is -0.892. The SMILES string of the molecule is C=CCn1c(C)cc(C(=O)COC(=O)CNC(=O)COc2ccccc2)c1C. The largest absolute Gasteiger partial charge is 0.484 e. The molecule has 0 saturated carbocycles. The van der Waals surface area contributed by atoms with Gasteiger partial charge in [0.15, 0.2) is 13.2 Å². The number of carbonyl (C=O) groups is 3. The Labute approximate surface area is 163 Å². The van der Waals surface area contributed by atoms with Crippen LogP contribution in [0.3, 0.4) is 0 Å². The maximum atomic E-state index is 12.3. The number of carbonyl (C=O) groups excluding carboxylic acids is 3. The number of benzene rings is 1. The number of nitrogens with zero attached hydrogens (tertiary/aromatic N) is 1. The van der Waals surface area contributed by atoms with Crippen molar-refractivity contribution in [2.45, 2.75) is 20.4 Å². The van der Waals surface area contributed by atoms with Crippen molar-refractivity contribution in [3.05, 3.63) is 66.0 Å². The number of allylic oxidation sites excluding steroid dienone is 1.